The van der Waals surface area contributed by atoms with Crippen molar-refractivity contribution in [1.29, 1.82) is 0 Å². The zero-order chi connectivity index (χ0) is 9.31. The van der Waals surface area contributed by atoms with Crippen LogP contribution in [0.25, 0.3) is 0 Å². The summed E-state index contributed by atoms with van der Waals surface area (Å²) >= 11 is 0. The molecule has 2 fully saturated rings. The number of likely N-dealkylation sites (tertiary alicyclic amines) is 1. The topological polar surface area (TPSA) is 32.3 Å². The molecule has 3 nitrogen and oxygen atoms in total. The van der Waals surface area contributed by atoms with Crippen molar-refractivity contribution >= 4 is 5.91 Å². The third kappa shape index (κ3) is 1.57. The van der Waals surface area contributed by atoms with Gasteiger partial charge in [-0.15, -0.1) is 0 Å². The van der Waals surface area contributed by atoms with Gasteiger partial charge in [0.2, 0.25) is 5.91 Å². The van der Waals surface area contributed by atoms with Crippen LogP contribution < -0.4 is 5.32 Å². The third-order valence-corrected chi connectivity index (χ3v) is 3.45. The molecule has 0 aromatic heterocycles. The van der Waals surface area contributed by atoms with Crippen LogP contribution in [0.1, 0.15) is 26.2 Å². The fraction of sp³-hybridized carbons (Fsp3) is 0.900. The van der Waals surface area contributed by atoms with Crippen molar-refractivity contribution in [3.8, 4) is 0 Å². The maximum Gasteiger partial charge on any atom is 0.223 e. The number of carbonyl (C=O) groups excluding carboxylic acids is 1. The molecule has 2 rings (SSSR count). The Morgan fingerprint density at radius 1 is 1.46 bits per heavy atom. The number of hydrogen-bond acceptors (Lipinski definition) is 2. The Kier molecular flexibility index (Phi) is 2.28. The lowest BCUT2D eigenvalue weighted by atomic mass is 9.78. The summed E-state index contributed by atoms with van der Waals surface area (Å²) < 4.78 is 0. The normalized spacial score (nSPS) is 27.2. The van der Waals surface area contributed by atoms with E-state index in [0.29, 0.717) is 11.3 Å². The highest BCUT2D eigenvalue weighted by Crippen LogP contribution is 2.38. The van der Waals surface area contributed by atoms with Crippen LogP contribution in [0.4, 0.5) is 0 Å². The van der Waals surface area contributed by atoms with E-state index >= 15 is 0 Å². The van der Waals surface area contributed by atoms with Crippen LogP contribution in [0.15, 0.2) is 0 Å². The van der Waals surface area contributed by atoms with E-state index in [2.05, 4.69) is 12.2 Å². The molecule has 3 heteroatoms. The van der Waals surface area contributed by atoms with E-state index in [4.69, 9.17) is 0 Å². The lowest BCUT2D eigenvalue weighted by Gasteiger charge is -2.32. The molecule has 0 atom stereocenters. The van der Waals surface area contributed by atoms with Crippen LogP contribution in [0.2, 0.25) is 0 Å². The van der Waals surface area contributed by atoms with Gasteiger partial charge in [-0.1, -0.05) is 0 Å². The largest absolute Gasteiger partial charge is 0.342 e. The van der Waals surface area contributed by atoms with E-state index in [1.807, 2.05) is 4.90 Å². The van der Waals surface area contributed by atoms with Gasteiger partial charge in [0.25, 0.3) is 0 Å². The Bertz CT molecular complexity index is 209. The average molecular weight is 182 g/mol. The maximum atomic E-state index is 11.6. The number of nitrogens with one attached hydrogen (secondary N) is 1. The Hall–Kier alpha value is -0.570. The molecule has 0 aromatic carbocycles. The monoisotopic (exact) mass is 182 g/mol. The predicted molar refractivity (Wildman–Crippen MR) is 51.4 cm³/mol. The number of nitrogens with zero attached hydrogens (tertiary/aromatic N) is 1. The van der Waals surface area contributed by atoms with E-state index in [1.54, 1.807) is 0 Å². The molecule has 0 aliphatic carbocycles. The van der Waals surface area contributed by atoms with Crippen molar-refractivity contribution in [2.75, 3.05) is 26.2 Å². The van der Waals surface area contributed by atoms with Gasteiger partial charge in [-0.3, -0.25) is 4.79 Å². The second kappa shape index (κ2) is 3.29. The van der Waals surface area contributed by atoms with Crippen LogP contribution >= 0.6 is 0 Å². The molecule has 0 saturated carbocycles. The van der Waals surface area contributed by atoms with Gasteiger partial charge in [-0.05, 0) is 38.3 Å². The first-order valence-electron chi connectivity index (χ1n) is 5.24. The lowest BCUT2D eigenvalue weighted by Crippen LogP contribution is -2.38. The van der Waals surface area contributed by atoms with Crippen LogP contribution in [0.5, 0.6) is 0 Å². The van der Waals surface area contributed by atoms with Gasteiger partial charge in [0.15, 0.2) is 0 Å². The molecule has 2 aliphatic heterocycles. The molecular formula is C10H18N2O. The smallest absolute Gasteiger partial charge is 0.223 e. The minimum absolute atomic E-state index is 0.332. The highest BCUT2D eigenvalue weighted by atomic mass is 16.2. The van der Waals surface area contributed by atoms with Gasteiger partial charge < -0.3 is 10.2 Å². The van der Waals surface area contributed by atoms with Crippen LogP contribution in [0.3, 0.4) is 0 Å². The summed E-state index contributed by atoms with van der Waals surface area (Å²) in [5, 5.41) is 3.35. The molecule has 2 aliphatic rings. The molecule has 13 heavy (non-hydrogen) atoms. The molecule has 0 aromatic rings. The summed E-state index contributed by atoms with van der Waals surface area (Å²) in [5.41, 5.74) is 0.332. The highest BCUT2D eigenvalue weighted by molar-refractivity contribution is 5.79. The van der Waals surface area contributed by atoms with Gasteiger partial charge in [0.05, 0.1) is 0 Å². The number of piperidine rings is 1. The predicted octanol–water partition coefficient (Wildman–Crippen LogP) is 0.608. The van der Waals surface area contributed by atoms with E-state index in [0.717, 1.165) is 32.6 Å². The molecule has 74 valence electrons. The Morgan fingerprint density at radius 3 is 2.69 bits per heavy atom. The molecule has 1 spiro atoms. The second-order valence-electron chi connectivity index (χ2n) is 4.33. The van der Waals surface area contributed by atoms with Crippen molar-refractivity contribution < 1.29 is 4.79 Å². The number of amides is 1. The first-order chi connectivity index (χ1) is 6.26. The fourth-order valence-corrected chi connectivity index (χ4v) is 2.56. The highest BCUT2D eigenvalue weighted by Gasteiger charge is 2.42. The molecular weight excluding hydrogens is 164 g/mol. The molecule has 0 bridgehead atoms. The van der Waals surface area contributed by atoms with Crippen LogP contribution in [-0.2, 0) is 4.79 Å². The summed E-state index contributed by atoms with van der Waals surface area (Å²) in [6.45, 7) is 6.13. The van der Waals surface area contributed by atoms with Gasteiger partial charge in [-0.2, -0.15) is 0 Å². The standard InChI is InChI=1S/C10H18N2O/c1-2-12-8-10(7-9(12)13)3-5-11-6-4-10/h11H,2-8H2,1H3. The minimum atomic E-state index is 0.332. The fourth-order valence-electron chi connectivity index (χ4n) is 2.56. The Balaban J connectivity index is 2.05. The third-order valence-electron chi connectivity index (χ3n) is 3.45. The number of hydrogen-bond donors (Lipinski definition) is 1. The average Bonchev–Trinajstić information content (AvgIpc) is 2.44. The van der Waals surface area contributed by atoms with Crippen molar-refractivity contribution in [2.45, 2.75) is 26.2 Å². The summed E-state index contributed by atoms with van der Waals surface area (Å²) in [4.78, 5) is 13.6. The molecule has 1 N–H and O–H groups in total. The van der Waals surface area contributed by atoms with Gasteiger partial charge in [0, 0.05) is 19.5 Å². The molecule has 2 heterocycles. The summed E-state index contributed by atoms with van der Waals surface area (Å²) in [6, 6.07) is 0. The van der Waals surface area contributed by atoms with Crippen molar-refractivity contribution in [1.82, 2.24) is 10.2 Å². The Morgan fingerprint density at radius 2 is 2.15 bits per heavy atom. The van der Waals surface area contributed by atoms with E-state index in [9.17, 15) is 4.79 Å². The number of carbonyl (C=O) groups is 1. The van der Waals surface area contributed by atoms with E-state index in [1.165, 1.54) is 12.8 Å². The molecule has 1 amide bonds. The Labute approximate surface area is 79.5 Å². The minimum Gasteiger partial charge on any atom is -0.342 e. The van der Waals surface area contributed by atoms with Gasteiger partial charge in [0.1, 0.15) is 0 Å². The van der Waals surface area contributed by atoms with Crippen molar-refractivity contribution in [3.63, 3.8) is 0 Å². The molecule has 2 saturated heterocycles. The van der Waals surface area contributed by atoms with Gasteiger partial charge >= 0.3 is 0 Å². The van der Waals surface area contributed by atoms with Crippen LogP contribution in [0, 0.1) is 5.41 Å². The first kappa shape index (κ1) is 9.00. The summed E-state index contributed by atoms with van der Waals surface area (Å²) in [6.07, 6.45) is 3.15. The maximum absolute atomic E-state index is 11.6. The van der Waals surface area contributed by atoms with Crippen molar-refractivity contribution in [3.05, 3.63) is 0 Å². The van der Waals surface area contributed by atoms with Gasteiger partial charge in [-0.25, -0.2) is 0 Å². The van der Waals surface area contributed by atoms with E-state index in [-0.39, 0.29) is 0 Å². The zero-order valence-electron chi connectivity index (χ0n) is 8.31. The zero-order valence-corrected chi connectivity index (χ0v) is 8.31. The second-order valence-corrected chi connectivity index (χ2v) is 4.33. The summed E-state index contributed by atoms with van der Waals surface area (Å²) in [7, 11) is 0. The van der Waals surface area contributed by atoms with E-state index < -0.39 is 0 Å². The van der Waals surface area contributed by atoms with Crippen molar-refractivity contribution in [2.24, 2.45) is 5.41 Å². The first-order valence-corrected chi connectivity index (χ1v) is 5.24. The quantitative estimate of drug-likeness (QED) is 0.644. The number of rotatable bonds is 1. The lowest BCUT2D eigenvalue weighted by molar-refractivity contribution is -0.127. The van der Waals surface area contributed by atoms with Crippen LogP contribution in [-0.4, -0.2) is 37.0 Å². The molecule has 0 radical (unpaired) electrons. The molecule has 0 unspecified atom stereocenters. The SMILES string of the molecule is CCN1CC2(CCNCC2)CC1=O. The summed E-state index contributed by atoms with van der Waals surface area (Å²) in [5.74, 6) is 0.365.